The van der Waals surface area contributed by atoms with Crippen LogP contribution in [-0.4, -0.2) is 35.8 Å². The molecule has 0 spiro atoms. The van der Waals surface area contributed by atoms with Crippen LogP contribution in [0, 0.1) is 10.1 Å². The fourth-order valence-corrected chi connectivity index (χ4v) is 2.90. The van der Waals surface area contributed by atoms with Gasteiger partial charge in [0.15, 0.2) is 0 Å². The van der Waals surface area contributed by atoms with E-state index in [1.165, 1.54) is 23.9 Å². The maximum absolute atomic E-state index is 11.7. The van der Waals surface area contributed by atoms with Crippen LogP contribution < -0.4 is 5.32 Å². The predicted octanol–water partition coefficient (Wildman–Crippen LogP) is 2.37. The number of amides is 1. The van der Waals surface area contributed by atoms with Crippen LogP contribution >= 0.6 is 11.8 Å². The van der Waals surface area contributed by atoms with Gasteiger partial charge in [-0.05, 0) is 25.0 Å². The normalized spacial score (nSPS) is 17.6. The lowest BCUT2D eigenvalue weighted by atomic mass is 10.2. The summed E-state index contributed by atoms with van der Waals surface area (Å²) in [6, 6.07) is 6.35. The van der Waals surface area contributed by atoms with E-state index in [-0.39, 0.29) is 17.7 Å². The summed E-state index contributed by atoms with van der Waals surface area (Å²) in [5.41, 5.74) is 0.0775. The highest BCUT2D eigenvalue weighted by Gasteiger charge is 2.15. The van der Waals surface area contributed by atoms with Crippen LogP contribution in [0.25, 0.3) is 0 Å². The Bertz CT molecular complexity index is 486. The van der Waals surface area contributed by atoms with Gasteiger partial charge in [0, 0.05) is 42.4 Å². The zero-order chi connectivity index (χ0) is 15.1. The molecule has 1 aromatic rings. The van der Waals surface area contributed by atoms with Crippen LogP contribution in [-0.2, 0) is 9.53 Å². The smallest absolute Gasteiger partial charge is 0.269 e. The maximum atomic E-state index is 11.7. The van der Waals surface area contributed by atoms with Gasteiger partial charge < -0.3 is 10.1 Å². The number of nitro benzene ring substituents is 1. The quantitative estimate of drug-likeness (QED) is 0.475. The molecule has 1 atom stereocenters. The van der Waals surface area contributed by atoms with Gasteiger partial charge in [-0.15, -0.1) is 11.8 Å². The molecule has 21 heavy (non-hydrogen) atoms. The van der Waals surface area contributed by atoms with Gasteiger partial charge in [-0.2, -0.15) is 0 Å². The van der Waals surface area contributed by atoms with Crippen molar-refractivity contribution in [2.75, 3.05) is 18.9 Å². The van der Waals surface area contributed by atoms with Crippen molar-refractivity contribution in [3.05, 3.63) is 34.4 Å². The van der Waals surface area contributed by atoms with Crippen molar-refractivity contribution in [1.29, 1.82) is 0 Å². The molecule has 0 unspecified atom stereocenters. The molecular weight excluding hydrogens is 292 g/mol. The minimum atomic E-state index is -0.424. The highest BCUT2D eigenvalue weighted by Crippen LogP contribution is 2.21. The number of hydrogen-bond donors (Lipinski definition) is 1. The van der Waals surface area contributed by atoms with Crippen molar-refractivity contribution in [3.63, 3.8) is 0 Å². The second-order valence-corrected chi connectivity index (χ2v) is 5.96. The van der Waals surface area contributed by atoms with E-state index in [1.54, 1.807) is 12.1 Å². The van der Waals surface area contributed by atoms with Gasteiger partial charge in [-0.3, -0.25) is 14.9 Å². The van der Waals surface area contributed by atoms with E-state index in [2.05, 4.69) is 5.32 Å². The van der Waals surface area contributed by atoms with Crippen LogP contribution in [0.3, 0.4) is 0 Å². The number of ether oxygens (including phenoxy) is 1. The Morgan fingerprint density at radius 1 is 1.43 bits per heavy atom. The lowest BCUT2D eigenvalue weighted by Gasteiger charge is -2.10. The summed E-state index contributed by atoms with van der Waals surface area (Å²) in [6.45, 7) is 1.37. The highest BCUT2D eigenvalue weighted by molar-refractivity contribution is 7.99. The van der Waals surface area contributed by atoms with E-state index in [0.29, 0.717) is 18.7 Å². The first-order valence-corrected chi connectivity index (χ1v) is 7.89. The first kappa shape index (κ1) is 15.8. The van der Waals surface area contributed by atoms with Crippen LogP contribution in [0.15, 0.2) is 29.2 Å². The number of non-ortho nitro benzene ring substituents is 1. The summed E-state index contributed by atoms with van der Waals surface area (Å²) < 4.78 is 5.43. The number of nitrogens with one attached hydrogen (secondary N) is 1. The molecular formula is C14H18N2O4S. The number of nitrogens with zero attached hydrogens (tertiary/aromatic N) is 1. The van der Waals surface area contributed by atoms with E-state index < -0.39 is 4.92 Å². The van der Waals surface area contributed by atoms with Crippen LogP contribution in [0.1, 0.15) is 19.3 Å². The average molecular weight is 310 g/mol. The third-order valence-electron chi connectivity index (χ3n) is 3.20. The molecule has 0 radical (unpaired) electrons. The first-order valence-electron chi connectivity index (χ1n) is 6.91. The molecule has 7 heteroatoms. The summed E-state index contributed by atoms with van der Waals surface area (Å²) in [5, 5.41) is 13.4. The summed E-state index contributed by atoms with van der Waals surface area (Å²) >= 11 is 1.51. The van der Waals surface area contributed by atoms with E-state index in [9.17, 15) is 14.9 Å². The zero-order valence-electron chi connectivity index (χ0n) is 11.6. The number of hydrogen-bond acceptors (Lipinski definition) is 5. The molecule has 0 bridgehead atoms. The summed E-state index contributed by atoms with van der Waals surface area (Å²) in [7, 11) is 0. The van der Waals surface area contributed by atoms with E-state index >= 15 is 0 Å². The van der Waals surface area contributed by atoms with Gasteiger partial charge in [0.2, 0.25) is 5.91 Å². The first-order chi connectivity index (χ1) is 10.1. The molecule has 0 saturated carbocycles. The molecule has 1 amide bonds. The molecule has 1 aromatic carbocycles. The van der Waals surface area contributed by atoms with Crippen molar-refractivity contribution >= 4 is 23.4 Å². The standard InChI is InChI=1S/C14H18N2O4S/c17-14(15-10-12-2-1-8-20-12)7-9-21-13-5-3-11(4-6-13)16(18)19/h3-6,12H,1-2,7-10H2,(H,15,17)/t12-/m1/s1. The number of carbonyl (C=O) groups is 1. The van der Waals surface area contributed by atoms with E-state index in [4.69, 9.17) is 4.74 Å². The second-order valence-electron chi connectivity index (χ2n) is 4.79. The summed E-state index contributed by atoms with van der Waals surface area (Å²) in [4.78, 5) is 22.7. The van der Waals surface area contributed by atoms with Gasteiger partial charge in [0.25, 0.3) is 5.69 Å². The maximum Gasteiger partial charge on any atom is 0.269 e. The molecule has 1 fully saturated rings. The minimum Gasteiger partial charge on any atom is -0.376 e. The molecule has 1 aliphatic heterocycles. The molecule has 2 rings (SSSR count). The lowest BCUT2D eigenvalue weighted by Crippen LogP contribution is -2.31. The average Bonchev–Trinajstić information content (AvgIpc) is 2.99. The second kappa shape index (κ2) is 7.99. The SMILES string of the molecule is O=C(CCSc1ccc([N+](=O)[O-])cc1)NC[C@H]1CCCO1. The van der Waals surface area contributed by atoms with E-state index in [1.807, 2.05) is 0 Å². The fraction of sp³-hybridized carbons (Fsp3) is 0.500. The third-order valence-corrected chi connectivity index (χ3v) is 4.21. The molecule has 1 N–H and O–H groups in total. The minimum absolute atomic E-state index is 0.0138. The van der Waals surface area contributed by atoms with Gasteiger partial charge >= 0.3 is 0 Å². The Labute approximate surface area is 127 Å². The highest BCUT2D eigenvalue weighted by atomic mass is 32.2. The Hall–Kier alpha value is -1.60. The molecule has 114 valence electrons. The van der Waals surface area contributed by atoms with Gasteiger partial charge in [0.05, 0.1) is 11.0 Å². The predicted molar refractivity (Wildman–Crippen MR) is 80.4 cm³/mol. The van der Waals surface area contributed by atoms with Gasteiger partial charge in [-0.25, -0.2) is 0 Å². The molecule has 0 aliphatic carbocycles. The number of carbonyl (C=O) groups excluding carboxylic acids is 1. The number of thioether (sulfide) groups is 1. The van der Waals surface area contributed by atoms with E-state index in [0.717, 1.165) is 24.3 Å². The van der Waals surface area contributed by atoms with Crippen molar-refractivity contribution in [3.8, 4) is 0 Å². The fourth-order valence-electron chi connectivity index (χ4n) is 2.05. The summed E-state index contributed by atoms with van der Waals surface area (Å²) in [6.07, 6.45) is 2.67. The zero-order valence-corrected chi connectivity index (χ0v) is 12.4. The van der Waals surface area contributed by atoms with Crippen molar-refractivity contribution in [2.24, 2.45) is 0 Å². The molecule has 1 aliphatic rings. The number of rotatable bonds is 7. The largest absolute Gasteiger partial charge is 0.376 e. The van der Waals surface area contributed by atoms with Crippen molar-refractivity contribution in [1.82, 2.24) is 5.32 Å². The number of benzene rings is 1. The van der Waals surface area contributed by atoms with Gasteiger partial charge in [-0.1, -0.05) is 0 Å². The molecule has 6 nitrogen and oxygen atoms in total. The lowest BCUT2D eigenvalue weighted by molar-refractivity contribution is -0.384. The molecule has 1 saturated heterocycles. The van der Waals surface area contributed by atoms with Gasteiger partial charge in [0.1, 0.15) is 0 Å². The Morgan fingerprint density at radius 2 is 2.19 bits per heavy atom. The number of nitro groups is 1. The Balaban J connectivity index is 1.63. The van der Waals surface area contributed by atoms with Crippen molar-refractivity contribution in [2.45, 2.75) is 30.3 Å². The van der Waals surface area contributed by atoms with Crippen LogP contribution in [0.5, 0.6) is 0 Å². The third kappa shape index (κ3) is 5.35. The topological polar surface area (TPSA) is 81.5 Å². The molecule has 1 heterocycles. The van der Waals surface area contributed by atoms with Crippen molar-refractivity contribution < 1.29 is 14.5 Å². The van der Waals surface area contributed by atoms with Crippen LogP contribution in [0.2, 0.25) is 0 Å². The monoisotopic (exact) mass is 310 g/mol. The molecule has 0 aromatic heterocycles. The van der Waals surface area contributed by atoms with Crippen LogP contribution in [0.4, 0.5) is 5.69 Å². The Kier molecular flexibility index (Phi) is 6.01. The summed E-state index contributed by atoms with van der Waals surface area (Å²) in [5.74, 6) is 0.662. The Morgan fingerprint density at radius 3 is 2.81 bits per heavy atom.